The number of halogens is 2. The predicted molar refractivity (Wildman–Crippen MR) is 181 cm³/mol. The molecule has 0 fully saturated rings. The van der Waals surface area contributed by atoms with Gasteiger partial charge in [0.1, 0.15) is 18.4 Å². The third-order valence-corrected chi connectivity index (χ3v) is 10.1. The summed E-state index contributed by atoms with van der Waals surface area (Å²) < 4.78 is 44.4. The molecule has 0 heterocycles. The molecule has 4 aromatic rings. The maximum atomic E-state index is 15.1. The highest BCUT2D eigenvalue weighted by atomic mass is 35.5. The molecule has 2 amide bonds. The molecule has 10 heteroatoms. The summed E-state index contributed by atoms with van der Waals surface area (Å²) in [5, 5.41) is 3.30. The third kappa shape index (κ3) is 8.53. The standard InChI is InChI=1S/C36H39ClFN3O4S/c1-5-27(4)39-36(43)34(21-28-11-7-6-8-12-28)40(23-29-13-9-10-14-33(29)38)35(42)24-41(30-18-17-26(3)32(37)22-30)46(44,45)31-19-15-25(2)16-20-31/h6-20,22,27,34H,5,21,23-24H2,1-4H3,(H,39,43)/t27-,34-/m1/s1. The van der Waals surface area contributed by atoms with Gasteiger partial charge in [0.25, 0.3) is 10.0 Å². The van der Waals surface area contributed by atoms with Crippen LogP contribution in [0.2, 0.25) is 5.02 Å². The number of nitrogens with one attached hydrogen (secondary N) is 1. The highest BCUT2D eigenvalue weighted by Crippen LogP contribution is 2.29. The quantitative estimate of drug-likeness (QED) is 0.170. The SMILES string of the molecule is CC[C@@H](C)NC(=O)[C@@H](Cc1ccccc1)N(Cc1ccccc1F)C(=O)CN(c1ccc(C)c(Cl)c1)S(=O)(=O)c1ccc(C)cc1. The molecular weight excluding hydrogens is 625 g/mol. The molecule has 0 saturated carbocycles. The van der Waals surface area contributed by atoms with Gasteiger partial charge in [-0.1, -0.05) is 90.8 Å². The largest absolute Gasteiger partial charge is 0.352 e. The Morgan fingerprint density at radius 1 is 0.913 bits per heavy atom. The highest BCUT2D eigenvalue weighted by molar-refractivity contribution is 7.92. The van der Waals surface area contributed by atoms with Crippen LogP contribution in [0.5, 0.6) is 0 Å². The number of rotatable bonds is 13. The second-order valence-electron chi connectivity index (χ2n) is 11.4. The van der Waals surface area contributed by atoms with Gasteiger partial charge in [0.2, 0.25) is 11.8 Å². The van der Waals surface area contributed by atoms with Gasteiger partial charge in [-0.2, -0.15) is 0 Å². The maximum absolute atomic E-state index is 15.1. The molecule has 46 heavy (non-hydrogen) atoms. The van der Waals surface area contributed by atoms with E-state index in [1.165, 1.54) is 29.2 Å². The predicted octanol–water partition coefficient (Wildman–Crippen LogP) is 6.85. The molecule has 4 rings (SSSR count). The molecule has 0 aromatic heterocycles. The fraction of sp³-hybridized carbons (Fsp3) is 0.278. The number of carbonyl (C=O) groups excluding carboxylic acids is 2. The van der Waals surface area contributed by atoms with Gasteiger partial charge in [-0.25, -0.2) is 12.8 Å². The van der Waals surface area contributed by atoms with Gasteiger partial charge in [-0.05, 0) is 68.7 Å². The Kier molecular flexibility index (Phi) is 11.6. The molecule has 1 N–H and O–H groups in total. The van der Waals surface area contributed by atoms with Crippen molar-refractivity contribution >= 4 is 39.1 Å². The van der Waals surface area contributed by atoms with Crippen LogP contribution in [0.4, 0.5) is 10.1 Å². The van der Waals surface area contributed by atoms with Crippen LogP contribution in [0.1, 0.15) is 42.5 Å². The van der Waals surface area contributed by atoms with E-state index in [9.17, 15) is 18.0 Å². The third-order valence-electron chi connectivity index (χ3n) is 7.90. The molecule has 2 atom stereocenters. The first kappa shape index (κ1) is 34.7. The average Bonchev–Trinajstić information content (AvgIpc) is 3.04. The lowest BCUT2D eigenvalue weighted by molar-refractivity contribution is -0.140. The Labute approximate surface area is 276 Å². The molecule has 0 aliphatic carbocycles. The molecule has 0 bridgehead atoms. The van der Waals surface area contributed by atoms with Crippen LogP contribution < -0.4 is 9.62 Å². The minimum Gasteiger partial charge on any atom is -0.352 e. The fourth-order valence-electron chi connectivity index (χ4n) is 4.91. The molecule has 0 aliphatic rings. The molecular formula is C36H39ClFN3O4S. The number of benzene rings is 4. The number of anilines is 1. The summed E-state index contributed by atoms with van der Waals surface area (Å²) in [6.45, 7) is 6.50. The Morgan fingerprint density at radius 2 is 1.57 bits per heavy atom. The summed E-state index contributed by atoms with van der Waals surface area (Å²) in [7, 11) is -4.29. The van der Waals surface area contributed by atoms with Gasteiger partial charge in [0.15, 0.2) is 0 Å². The topological polar surface area (TPSA) is 86.8 Å². The van der Waals surface area contributed by atoms with Gasteiger partial charge < -0.3 is 10.2 Å². The number of hydrogen-bond acceptors (Lipinski definition) is 4. The van der Waals surface area contributed by atoms with Crippen molar-refractivity contribution in [2.75, 3.05) is 10.8 Å². The van der Waals surface area contributed by atoms with Crippen LogP contribution >= 0.6 is 11.6 Å². The summed E-state index contributed by atoms with van der Waals surface area (Å²) in [4.78, 5) is 29.6. The second-order valence-corrected chi connectivity index (χ2v) is 13.7. The first-order valence-corrected chi connectivity index (χ1v) is 16.9. The monoisotopic (exact) mass is 663 g/mol. The van der Waals surface area contributed by atoms with E-state index in [1.54, 1.807) is 49.4 Å². The van der Waals surface area contributed by atoms with E-state index in [-0.39, 0.29) is 35.2 Å². The van der Waals surface area contributed by atoms with E-state index in [4.69, 9.17) is 11.6 Å². The van der Waals surface area contributed by atoms with Crippen molar-refractivity contribution in [1.82, 2.24) is 10.2 Å². The van der Waals surface area contributed by atoms with Crippen LogP contribution in [0.25, 0.3) is 0 Å². The Bertz CT molecular complexity index is 1770. The fourth-order valence-corrected chi connectivity index (χ4v) is 6.49. The zero-order valence-corrected chi connectivity index (χ0v) is 28.0. The zero-order valence-electron chi connectivity index (χ0n) is 26.4. The molecule has 0 spiro atoms. The molecule has 0 unspecified atom stereocenters. The smallest absolute Gasteiger partial charge is 0.264 e. The van der Waals surface area contributed by atoms with E-state index >= 15 is 4.39 Å². The minimum absolute atomic E-state index is 0.0152. The van der Waals surface area contributed by atoms with E-state index in [2.05, 4.69) is 5.32 Å². The van der Waals surface area contributed by atoms with Crippen LogP contribution in [0.3, 0.4) is 0 Å². The van der Waals surface area contributed by atoms with Crippen molar-refractivity contribution < 1.29 is 22.4 Å². The summed E-state index contributed by atoms with van der Waals surface area (Å²) in [6, 6.07) is 25.0. The summed E-state index contributed by atoms with van der Waals surface area (Å²) in [6.07, 6.45) is 0.784. The lowest BCUT2D eigenvalue weighted by Crippen LogP contribution is -2.54. The number of carbonyl (C=O) groups is 2. The maximum Gasteiger partial charge on any atom is 0.264 e. The Balaban J connectivity index is 1.83. The van der Waals surface area contributed by atoms with Crippen molar-refractivity contribution in [3.63, 3.8) is 0 Å². The van der Waals surface area contributed by atoms with Crippen molar-refractivity contribution in [1.29, 1.82) is 0 Å². The first-order valence-electron chi connectivity index (χ1n) is 15.1. The highest BCUT2D eigenvalue weighted by Gasteiger charge is 2.35. The van der Waals surface area contributed by atoms with Crippen LogP contribution in [0.15, 0.2) is 102 Å². The number of nitrogens with zero attached hydrogens (tertiary/aromatic N) is 2. The van der Waals surface area contributed by atoms with Crippen molar-refractivity contribution in [3.8, 4) is 0 Å². The average molecular weight is 664 g/mol. The zero-order chi connectivity index (χ0) is 33.4. The number of aryl methyl sites for hydroxylation is 2. The van der Waals surface area contributed by atoms with Gasteiger partial charge in [0, 0.05) is 29.6 Å². The molecule has 0 saturated heterocycles. The molecule has 0 aliphatic heterocycles. The first-order chi connectivity index (χ1) is 21.9. The number of amides is 2. The van der Waals surface area contributed by atoms with Crippen LogP contribution in [-0.2, 0) is 32.6 Å². The Morgan fingerprint density at radius 3 is 2.20 bits per heavy atom. The molecule has 242 valence electrons. The second kappa shape index (κ2) is 15.4. The van der Waals surface area contributed by atoms with Gasteiger partial charge in [0.05, 0.1) is 10.6 Å². The number of sulfonamides is 1. The minimum atomic E-state index is -4.29. The van der Waals surface area contributed by atoms with E-state index in [0.29, 0.717) is 11.4 Å². The van der Waals surface area contributed by atoms with E-state index in [1.807, 2.05) is 51.1 Å². The molecule has 7 nitrogen and oxygen atoms in total. The van der Waals surface area contributed by atoms with Crippen LogP contribution in [0, 0.1) is 19.7 Å². The summed E-state index contributed by atoms with van der Waals surface area (Å²) in [5.41, 5.74) is 2.76. The van der Waals surface area contributed by atoms with E-state index < -0.39 is 40.2 Å². The lowest BCUT2D eigenvalue weighted by Gasteiger charge is -2.34. The van der Waals surface area contributed by atoms with Crippen molar-refractivity contribution in [3.05, 3.63) is 130 Å². The summed E-state index contributed by atoms with van der Waals surface area (Å²) in [5.74, 6) is -1.65. The van der Waals surface area contributed by atoms with Gasteiger partial charge in [-0.15, -0.1) is 0 Å². The van der Waals surface area contributed by atoms with Crippen LogP contribution in [-0.4, -0.2) is 43.8 Å². The lowest BCUT2D eigenvalue weighted by atomic mass is 10.0. The molecule has 0 radical (unpaired) electrons. The van der Waals surface area contributed by atoms with E-state index in [0.717, 1.165) is 21.0 Å². The normalized spacial score (nSPS) is 12.7. The Hall–Kier alpha value is -4.21. The summed E-state index contributed by atoms with van der Waals surface area (Å²) >= 11 is 6.43. The van der Waals surface area contributed by atoms with Gasteiger partial charge in [-0.3, -0.25) is 13.9 Å². The van der Waals surface area contributed by atoms with Crippen molar-refractivity contribution in [2.45, 2.75) is 64.1 Å². The number of hydrogen-bond donors (Lipinski definition) is 1. The van der Waals surface area contributed by atoms with Gasteiger partial charge >= 0.3 is 0 Å². The molecule has 4 aromatic carbocycles. The van der Waals surface area contributed by atoms with Crippen molar-refractivity contribution in [2.24, 2.45) is 0 Å².